The molecule has 0 saturated heterocycles. The van der Waals surface area contributed by atoms with Crippen LogP contribution in [-0.4, -0.2) is 46.1 Å². The number of carboxylic acid groups (broad SMARTS) is 1. The average molecular weight is 491 g/mol. The molecule has 1 aromatic carbocycles. The molecule has 0 atom stereocenters. The van der Waals surface area contributed by atoms with Gasteiger partial charge in [0.1, 0.15) is 0 Å². The Labute approximate surface area is 200 Å². The minimum Gasteiger partial charge on any atom is -0.476 e. The third-order valence-electron chi connectivity index (χ3n) is 4.23. The summed E-state index contributed by atoms with van der Waals surface area (Å²) in [5.74, 6) is -2.51. The van der Waals surface area contributed by atoms with Crippen LogP contribution in [-0.2, 0) is 0 Å². The zero-order valence-corrected chi connectivity index (χ0v) is 18.1. The van der Waals surface area contributed by atoms with E-state index in [1.165, 1.54) is 30.6 Å². The van der Waals surface area contributed by atoms with E-state index in [1.807, 2.05) is 30.3 Å². The summed E-state index contributed by atoms with van der Waals surface area (Å²) in [6.45, 7) is 0. The first-order valence-electron chi connectivity index (χ1n) is 10.0. The van der Waals surface area contributed by atoms with Crippen molar-refractivity contribution in [3.8, 4) is 23.2 Å². The molecule has 0 fully saturated rings. The lowest BCUT2D eigenvalue weighted by Crippen LogP contribution is -2.05. The van der Waals surface area contributed by atoms with Gasteiger partial charge in [-0.1, -0.05) is 23.4 Å². The van der Waals surface area contributed by atoms with Gasteiger partial charge in [-0.3, -0.25) is 0 Å². The molecule has 4 heterocycles. The van der Waals surface area contributed by atoms with Crippen LogP contribution in [0.25, 0.3) is 23.2 Å². The number of para-hydroxylation sites is 1. The number of rotatable bonds is 5. The van der Waals surface area contributed by atoms with Crippen molar-refractivity contribution in [1.29, 1.82) is 0 Å². The number of aromatic carboxylic acids is 1. The van der Waals surface area contributed by atoms with E-state index in [1.54, 1.807) is 0 Å². The van der Waals surface area contributed by atoms with E-state index in [0.717, 1.165) is 11.8 Å². The maximum absolute atomic E-state index is 13.8. The minimum absolute atomic E-state index is 0.0243. The Balaban J connectivity index is 0.000000256. The average Bonchev–Trinajstić information content (AvgIpc) is 3.35. The second kappa shape index (κ2) is 10.7. The van der Waals surface area contributed by atoms with Gasteiger partial charge in [-0.2, -0.15) is 19.9 Å². The SMILES string of the molecule is Nc1nc(Nc2ccccc2)nc(-c2noc(-c3ncccc3F)n2)n1.O=C(O)c1ncccc1F. The van der Waals surface area contributed by atoms with Crippen LogP contribution in [0, 0.1) is 11.6 Å². The maximum atomic E-state index is 13.8. The molecule has 0 unspecified atom stereocenters. The van der Waals surface area contributed by atoms with Crippen LogP contribution in [0.1, 0.15) is 10.5 Å². The summed E-state index contributed by atoms with van der Waals surface area (Å²) in [5.41, 5.74) is 5.90. The molecule has 36 heavy (non-hydrogen) atoms. The molecule has 0 amide bonds. The van der Waals surface area contributed by atoms with Crippen LogP contribution in [0.4, 0.5) is 26.4 Å². The summed E-state index contributed by atoms with van der Waals surface area (Å²) in [6.07, 6.45) is 2.65. The predicted molar refractivity (Wildman–Crippen MR) is 122 cm³/mol. The normalized spacial score (nSPS) is 10.3. The van der Waals surface area contributed by atoms with E-state index in [2.05, 4.69) is 40.4 Å². The Morgan fingerprint density at radius 2 is 1.58 bits per heavy atom. The number of anilines is 3. The van der Waals surface area contributed by atoms with Crippen LogP contribution in [0.5, 0.6) is 0 Å². The van der Waals surface area contributed by atoms with Crippen LogP contribution < -0.4 is 11.1 Å². The van der Waals surface area contributed by atoms with Crippen molar-refractivity contribution in [2.75, 3.05) is 11.1 Å². The number of nitrogens with zero attached hydrogens (tertiary/aromatic N) is 7. The first kappa shape index (κ1) is 23.7. The summed E-state index contributed by atoms with van der Waals surface area (Å²) >= 11 is 0. The van der Waals surface area contributed by atoms with Gasteiger partial charge in [0.15, 0.2) is 23.0 Å². The standard InChI is InChI=1S/C16H11FN8O.C6H4FNO2/c17-10-7-4-8-19-11(10)14-21-13(25-26-14)12-22-15(18)24-16(23-12)20-9-5-2-1-3-6-9;7-4-2-1-3-8-5(4)6(9)10/h1-8H,(H3,18,20,22,23,24);1-3H,(H,9,10). The number of hydrogen-bond acceptors (Lipinski definition) is 11. The van der Waals surface area contributed by atoms with Crippen molar-refractivity contribution in [2.45, 2.75) is 0 Å². The molecule has 0 aliphatic rings. The van der Waals surface area contributed by atoms with Gasteiger partial charge in [-0.25, -0.2) is 23.5 Å². The fraction of sp³-hybridized carbons (Fsp3) is 0. The summed E-state index contributed by atoms with van der Waals surface area (Å²) in [6, 6.07) is 14.4. The topological polar surface area (TPSA) is 179 Å². The summed E-state index contributed by atoms with van der Waals surface area (Å²) in [7, 11) is 0. The van der Waals surface area contributed by atoms with E-state index >= 15 is 0 Å². The Kier molecular flexibility index (Phi) is 7.05. The molecule has 4 aromatic heterocycles. The van der Waals surface area contributed by atoms with E-state index in [4.69, 9.17) is 15.4 Å². The quantitative estimate of drug-likeness (QED) is 0.327. The fourth-order valence-electron chi connectivity index (χ4n) is 2.70. The van der Waals surface area contributed by atoms with Gasteiger partial charge >= 0.3 is 5.97 Å². The van der Waals surface area contributed by atoms with Gasteiger partial charge in [0.2, 0.25) is 23.5 Å². The number of hydrogen-bond donors (Lipinski definition) is 3. The number of nitrogens with one attached hydrogen (secondary N) is 1. The zero-order chi connectivity index (χ0) is 25.5. The molecule has 180 valence electrons. The molecule has 5 aromatic rings. The monoisotopic (exact) mass is 491 g/mol. The lowest BCUT2D eigenvalue weighted by molar-refractivity contribution is 0.0685. The highest BCUT2D eigenvalue weighted by molar-refractivity contribution is 5.85. The Morgan fingerprint density at radius 3 is 2.25 bits per heavy atom. The third kappa shape index (κ3) is 5.74. The number of aromatic nitrogens is 7. The zero-order valence-electron chi connectivity index (χ0n) is 18.1. The van der Waals surface area contributed by atoms with Crippen LogP contribution in [0.2, 0.25) is 0 Å². The van der Waals surface area contributed by atoms with Crippen molar-refractivity contribution >= 4 is 23.6 Å². The molecule has 4 N–H and O–H groups in total. The summed E-state index contributed by atoms with van der Waals surface area (Å²) < 4.78 is 31.3. The number of nitrogens with two attached hydrogens (primary N) is 1. The van der Waals surface area contributed by atoms with E-state index in [-0.39, 0.29) is 35.1 Å². The van der Waals surface area contributed by atoms with Crippen molar-refractivity contribution in [2.24, 2.45) is 0 Å². The molecule has 14 heteroatoms. The highest BCUT2D eigenvalue weighted by atomic mass is 19.1. The van der Waals surface area contributed by atoms with E-state index in [9.17, 15) is 13.6 Å². The molecular weight excluding hydrogens is 476 g/mol. The highest BCUT2D eigenvalue weighted by Gasteiger charge is 2.18. The number of halogens is 2. The molecule has 0 aliphatic carbocycles. The van der Waals surface area contributed by atoms with Crippen molar-refractivity contribution in [3.05, 3.63) is 84.3 Å². The van der Waals surface area contributed by atoms with Gasteiger partial charge in [0.05, 0.1) is 0 Å². The van der Waals surface area contributed by atoms with E-state index in [0.29, 0.717) is 0 Å². The first-order chi connectivity index (χ1) is 17.4. The second-order valence-electron chi connectivity index (χ2n) is 6.73. The van der Waals surface area contributed by atoms with E-state index < -0.39 is 23.3 Å². The Morgan fingerprint density at radius 1 is 0.861 bits per heavy atom. The fourth-order valence-corrected chi connectivity index (χ4v) is 2.70. The predicted octanol–water partition coefficient (Wildman–Crippen LogP) is 3.37. The summed E-state index contributed by atoms with van der Waals surface area (Å²) in [5, 5.41) is 15.0. The van der Waals surface area contributed by atoms with Crippen molar-refractivity contribution < 1.29 is 23.2 Å². The number of nitrogen functional groups attached to an aromatic ring is 1. The molecule has 0 radical (unpaired) electrons. The van der Waals surface area contributed by atoms with Crippen molar-refractivity contribution in [1.82, 2.24) is 35.1 Å². The Hall–Kier alpha value is -5.40. The Bertz CT molecular complexity index is 1500. The molecular formula is C22H15F2N9O3. The van der Waals surface area contributed by atoms with Gasteiger partial charge in [-0.15, -0.1) is 0 Å². The molecule has 0 bridgehead atoms. The molecule has 0 saturated carbocycles. The number of carboxylic acids is 1. The lowest BCUT2D eigenvalue weighted by atomic mass is 10.3. The molecule has 0 aliphatic heterocycles. The number of carbonyl (C=O) groups is 1. The smallest absolute Gasteiger partial charge is 0.357 e. The van der Waals surface area contributed by atoms with Gasteiger partial charge in [0, 0.05) is 18.1 Å². The van der Waals surface area contributed by atoms with Crippen molar-refractivity contribution in [3.63, 3.8) is 0 Å². The second-order valence-corrected chi connectivity index (χ2v) is 6.73. The number of pyridine rings is 2. The molecule has 12 nitrogen and oxygen atoms in total. The highest BCUT2D eigenvalue weighted by Crippen LogP contribution is 2.22. The van der Waals surface area contributed by atoms with Crippen LogP contribution >= 0.6 is 0 Å². The minimum atomic E-state index is -1.35. The summed E-state index contributed by atoms with van der Waals surface area (Å²) in [4.78, 5) is 33.6. The third-order valence-corrected chi connectivity index (χ3v) is 4.23. The van der Waals surface area contributed by atoms with Gasteiger partial charge in [0.25, 0.3) is 5.89 Å². The molecule has 5 rings (SSSR count). The number of benzene rings is 1. The van der Waals surface area contributed by atoms with Gasteiger partial charge < -0.3 is 20.7 Å². The van der Waals surface area contributed by atoms with Crippen LogP contribution in [0.15, 0.2) is 71.5 Å². The maximum Gasteiger partial charge on any atom is 0.357 e. The lowest BCUT2D eigenvalue weighted by Gasteiger charge is -2.05. The molecule has 0 spiro atoms. The largest absolute Gasteiger partial charge is 0.476 e. The first-order valence-corrected chi connectivity index (χ1v) is 10.0. The van der Waals surface area contributed by atoms with Gasteiger partial charge in [-0.05, 0) is 36.4 Å². The van der Waals surface area contributed by atoms with Crippen LogP contribution in [0.3, 0.4) is 0 Å².